The van der Waals surface area contributed by atoms with Crippen LogP contribution in [0.4, 0.5) is 15.5 Å². The number of rotatable bonds is 7. The Kier molecular flexibility index (Phi) is 8.16. The number of piperidine rings is 1. The predicted octanol–water partition coefficient (Wildman–Crippen LogP) is 4.31. The van der Waals surface area contributed by atoms with Crippen molar-refractivity contribution in [2.45, 2.75) is 30.9 Å². The van der Waals surface area contributed by atoms with Gasteiger partial charge in [-0.3, -0.25) is 10.1 Å². The number of benzene rings is 1. The van der Waals surface area contributed by atoms with Crippen LogP contribution in [0.25, 0.3) is 0 Å². The Morgan fingerprint density at radius 2 is 1.81 bits per heavy atom. The second-order valence-corrected chi connectivity index (χ2v) is 11.1. The first kappa shape index (κ1) is 24.5. The summed E-state index contributed by atoms with van der Waals surface area (Å²) in [7, 11) is -3.57. The number of sulfonamides is 1. The summed E-state index contributed by atoms with van der Waals surface area (Å²) in [4.78, 5) is 27.0. The molecule has 0 unspecified atom stereocenters. The number of likely N-dealkylation sites (tertiary alicyclic amines) is 1. The maximum atomic E-state index is 12.8. The zero-order valence-corrected chi connectivity index (χ0v) is 20.4. The van der Waals surface area contributed by atoms with Crippen LogP contribution in [-0.2, 0) is 14.8 Å². The Morgan fingerprint density at radius 1 is 1.12 bits per heavy atom. The monoisotopic (exact) mass is 498 g/mol. The summed E-state index contributed by atoms with van der Waals surface area (Å²) in [5, 5.41) is 6.68. The van der Waals surface area contributed by atoms with Gasteiger partial charge in [0.1, 0.15) is 4.21 Å². The molecule has 1 fully saturated rings. The summed E-state index contributed by atoms with van der Waals surface area (Å²) < 4.78 is 26.9. The zero-order chi connectivity index (χ0) is 23.3. The van der Waals surface area contributed by atoms with Crippen molar-refractivity contribution in [2.24, 2.45) is 5.92 Å². The van der Waals surface area contributed by atoms with Gasteiger partial charge >= 0.3 is 6.03 Å². The van der Waals surface area contributed by atoms with E-state index in [0.29, 0.717) is 54.7 Å². The minimum Gasteiger partial charge on any atom is -0.326 e. The molecule has 1 aromatic heterocycles. The molecule has 1 aromatic carbocycles. The van der Waals surface area contributed by atoms with Gasteiger partial charge in [-0.25, -0.2) is 13.2 Å². The average molecular weight is 499 g/mol. The molecular formula is C21H27ClN4O4S2. The molecule has 0 aliphatic carbocycles. The van der Waals surface area contributed by atoms with Gasteiger partial charge < -0.3 is 10.2 Å². The molecule has 3 amide bonds. The van der Waals surface area contributed by atoms with Crippen LogP contribution in [-0.4, -0.2) is 55.7 Å². The Hall–Kier alpha value is -2.14. The molecule has 32 heavy (non-hydrogen) atoms. The van der Waals surface area contributed by atoms with Gasteiger partial charge in [-0.05, 0) is 49.2 Å². The Bertz CT molecular complexity index is 1050. The SMILES string of the molecule is CCN(CC)S(=O)(=O)c1ccc(NC(=O)N2CCC[C@H](C(=O)Nc3ccc(Cl)cc3)C2)s1. The van der Waals surface area contributed by atoms with E-state index in [-0.39, 0.29) is 22.1 Å². The summed E-state index contributed by atoms with van der Waals surface area (Å²) in [6, 6.07) is 9.62. The highest BCUT2D eigenvalue weighted by Crippen LogP contribution is 2.29. The van der Waals surface area contributed by atoms with Crippen LogP contribution in [0.3, 0.4) is 0 Å². The molecule has 1 aliphatic heterocycles. The summed E-state index contributed by atoms with van der Waals surface area (Å²) in [6.45, 7) is 5.16. The zero-order valence-electron chi connectivity index (χ0n) is 18.0. The fourth-order valence-corrected chi connectivity index (χ4v) is 6.49. The van der Waals surface area contributed by atoms with E-state index in [9.17, 15) is 18.0 Å². The Morgan fingerprint density at radius 3 is 2.47 bits per heavy atom. The molecule has 1 aliphatic rings. The number of hydrogen-bond acceptors (Lipinski definition) is 5. The van der Waals surface area contributed by atoms with Gasteiger partial charge in [0, 0.05) is 36.9 Å². The van der Waals surface area contributed by atoms with E-state index in [1.54, 1.807) is 49.1 Å². The van der Waals surface area contributed by atoms with Gasteiger partial charge in [-0.15, -0.1) is 11.3 Å². The molecule has 1 atom stereocenters. The highest BCUT2D eigenvalue weighted by atomic mass is 35.5. The Balaban J connectivity index is 1.60. The van der Waals surface area contributed by atoms with E-state index in [1.165, 1.54) is 10.4 Å². The molecular weight excluding hydrogens is 472 g/mol. The number of nitrogens with one attached hydrogen (secondary N) is 2. The number of carbonyl (C=O) groups excluding carboxylic acids is 2. The van der Waals surface area contributed by atoms with E-state index >= 15 is 0 Å². The van der Waals surface area contributed by atoms with Crippen LogP contribution in [0.1, 0.15) is 26.7 Å². The van der Waals surface area contributed by atoms with E-state index in [1.807, 2.05) is 0 Å². The number of halogens is 1. The van der Waals surface area contributed by atoms with Gasteiger partial charge in [-0.1, -0.05) is 25.4 Å². The molecule has 2 N–H and O–H groups in total. The van der Waals surface area contributed by atoms with Crippen molar-refractivity contribution in [3.63, 3.8) is 0 Å². The molecule has 1 saturated heterocycles. The first-order valence-electron chi connectivity index (χ1n) is 10.5. The molecule has 0 spiro atoms. The van der Waals surface area contributed by atoms with Crippen LogP contribution in [0.2, 0.25) is 5.02 Å². The van der Waals surface area contributed by atoms with Crippen molar-refractivity contribution in [3.05, 3.63) is 41.4 Å². The third kappa shape index (κ3) is 5.80. The molecule has 0 radical (unpaired) electrons. The predicted molar refractivity (Wildman–Crippen MR) is 128 cm³/mol. The van der Waals surface area contributed by atoms with Gasteiger partial charge in [0.2, 0.25) is 5.91 Å². The third-order valence-electron chi connectivity index (χ3n) is 5.30. The molecule has 174 valence electrons. The fraction of sp³-hybridized carbons (Fsp3) is 0.429. The van der Waals surface area contributed by atoms with Gasteiger partial charge in [-0.2, -0.15) is 4.31 Å². The first-order chi connectivity index (χ1) is 15.2. The van der Waals surface area contributed by atoms with Crippen molar-refractivity contribution in [1.82, 2.24) is 9.21 Å². The standard InChI is InChI=1S/C21H27ClN4O4S2/c1-3-26(4-2)32(29,30)19-12-11-18(31-19)24-21(28)25-13-5-6-15(14-25)20(27)23-17-9-7-16(22)8-10-17/h7-12,15H,3-6,13-14H2,1-2H3,(H,23,27)(H,24,28)/t15-/m0/s1. The highest BCUT2D eigenvalue weighted by molar-refractivity contribution is 7.91. The lowest BCUT2D eigenvalue weighted by Gasteiger charge is -2.31. The molecule has 2 aromatic rings. The molecule has 0 saturated carbocycles. The van der Waals surface area contributed by atoms with Gasteiger partial charge in [0.25, 0.3) is 10.0 Å². The van der Waals surface area contributed by atoms with Crippen LogP contribution >= 0.6 is 22.9 Å². The topological polar surface area (TPSA) is 98.8 Å². The van der Waals surface area contributed by atoms with Crippen molar-refractivity contribution >= 4 is 55.6 Å². The highest BCUT2D eigenvalue weighted by Gasteiger charge is 2.29. The minimum absolute atomic E-state index is 0.145. The maximum Gasteiger partial charge on any atom is 0.322 e. The summed E-state index contributed by atoms with van der Waals surface area (Å²) in [5.74, 6) is -0.472. The quantitative estimate of drug-likeness (QED) is 0.594. The van der Waals surface area contributed by atoms with Crippen LogP contribution in [0, 0.1) is 5.92 Å². The number of nitrogens with zero attached hydrogens (tertiary/aromatic N) is 2. The fourth-order valence-electron chi connectivity index (χ4n) is 3.55. The van der Waals surface area contributed by atoms with E-state index in [2.05, 4.69) is 10.6 Å². The molecule has 3 rings (SSSR count). The number of anilines is 2. The van der Waals surface area contributed by atoms with Crippen LogP contribution < -0.4 is 10.6 Å². The van der Waals surface area contributed by atoms with Crippen molar-refractivity contribution in [1.29, 1.82) is 0 Å². The normalized spacial score (nSPS) is 16.8. The molecule has 8 nitrogen and oxygen atoms in total. The first-order valence-corrected chi connectivity index (χ1v) is 13.1. The van der Waals surface area contributed by atoms with Crippen LogP contribution in [0.5, 0.6) is 0 Å². The summed E-state index contributed by atoms with van der Waals surface area (Å²) >= 11 is 6.90. The van der Waals surface area contributed by atoms with Gasteiger partial charge in [0.15, 0.2) is 0 Å². The molecule has 11 heteroatoms. The number of urea groups is 1. The van der Waals surface area contributed by atoms with Crippen molar-refractivity contribution in [3.8, 4) is 0 Å². The number of hydrogen-bond donors (Lipinski definition) is 2. The lowest BCUT2D eigenvalue weighted by molar-refractivity contribution is -0.121. The van der Waals surface area contributed by atoms with Crippen LogP contribution in [0.15, 0.2) is 40.6 Å². The lowest BCUT2D eigenvalue weighted by atomic mass is 9.97. The third-order valence-corrected chi connectivity index (χ3v) is 9.07. The molecule has 2 heterocycles. The second kappa shape index (κ2) is 10.7. The van der Waals surface area contributed by atoms with Gasteiger partial charge in [0.05, 0.1) is 10.9 Å². The number of carbonyl (C=O) groups is 2. The van der Waals surface area contributed by atoms with Crippen molar-refractivity contribution in [2.75, 3.05) is 36.8 Å². The van der Waals surface area contributed by atoms with Crippen molar-refractivity contribution < 1.29 is 18.0 Å². The molecule has 0 bridgehead atoms. The number of thiophene rings is 1. The minimum atomic E-state index is -3.57. The second-order valence-electron chi connectivity index (χ2n) is 7.42. The Labute approximate surface area is 197 Å². The lowest BCUT2D eigenvalue weighted by Crippen LogP contribution is -2.45. The summed E-state index contributed by atoms with van der Waals surface area (Å²) in [6.07, 6.45) is 1.40. The average Bonchev–Trinajstić information content (AvgIpc) is 3.25. The van der Waals surface area contributed by atoms with E-state index < -0.39 is 10.0 Å². The smallest absolute Gasteiger partial charge is 0.322 e. The number of amides is 3. The van der Waals surface area contributed by atoms with E-state index in [0.717, 1.165) is 11.3 Å². The maximum absolute atomic E-state index is 12.8. The van der Waals surface area contributed by atoms with E-state index in [4.69, 9.17) is 11.6 Å². The largest absolute Gasteiger partial charge is 0.326 e. The summed E-state index contributed by atoms with van der Waals surface area (Å²) in [5.41, 5.74) is 0.654.